The minimum Gasteiger partial charge on any atom is -0.756 e. The summed E-state index contributed by atoms with van der Waals surface area (Å²) in [6.07, 6.45) is 53.7. The van der Waals surface area contributed by atoms with Gasteiger partial charge in [-0.05, 0) is 38.5 Å². The summed E-state index contributed by atoms with van der Waals surface area (Å²) < 4.78 is 23.2. The number of quaternary nitrogens is 1. The number of hydrogen-bond acceptors (Lipinski definition) is 6. The molecule has 9 heteroatoms. The highest BCUT2D eigenvalue weighted by molar-refractivity contribution is 7.45. The number of nitrogens with one attached hydrogen (secondary N) is 1. The van der Waals surface area contributed by atoms with Crippen molar-refractivity contribution < 1.29 is 32.9 Å². The third-order valence-electron chi connectivity index (χ3n) is 11.4. The van der Waals surface area contributed by atoms with Crippen LogP contribution in [-0.2, 0) is 18.4 Å². The lowest BCUT2D eigenvalue weighted by molar-refractivity contribution is -0.870. The number of aliphatic hydroxyl groups excluding tert-OH is 1. The highest BCUT2D eigenvalue weighted by Crippen LogP contribution is 2.38. The predicted octanol–water partition coefficient (Wildman–Crippen LogP) is 14.0. The molecule has 0 saturated heterocycles. The maximum atomic E-state index is 12.8. The Bertz CT molecular complexity index is 1070. The lowest BCUT2D eigenvalue weighted by Crippen LogP contribution is -2.45. The number of allylic oxidation sites excluding steroid dienone is 5. The van der Waals surface area contributed by atoms with E-state index < -0.39 is 26.6 Å². The SMILES string of the molecule is CCCCCCCC/C=C\C/C=C\CCC(=O)NC(COP(=O)([O-])OCC[N+](C)(C)C)C(O)/C=C/CCCCCCCCCCCCCCCCCCCCCCCCC. The molecule has 1 amide bonds. The Balaban J connectivity index is 4.27. The van der Waals surface area contributed by atoms with Crippen molar-refractivity contribution in [3.8, 4) is 0 Å². The summed E-state index contributed by atoms with van der Waals surface area (Å²) in [5.41, 5.74) is 0. The van der Waals surface area contributed by atoms with Crippen LogP contribution in [0.4, 0.5) is 0 Å². The molecule has 0 aliphatic heterocycles. The Hall–Kier alpha value is -1.28. The number of unbranched alkanes of at least 4 members (excludes halogenated alkanes) is 29. The first kappa shape index (κ1) is 58.7. The van der Waals surface area contributed by atoms with E-state index in [0.717, 1.165) is 32.1 Å². The van der Waals surface area contributed by atoms with Crippen LogP contribution < -0.4 is 10.2 Å². The van der Waals surface area contributed by atoms with Gasteiger partial charge in [-0.15, -0.1) is 0 Å². The van der Waals surface area contributed by atoms with Crippen LogP contribution in [0.3, 0.4) is 0 Å². The van der Waals surface area contributed by atoms with Gasteiger partial charge in [0.2, 0.25) is 5.91 Å². The molecule has 0 aliphatic carbocycles. The first-order valence-electron chi connectivity index (χ1n) is 25.4. The zero-order valence-electron chi connectivity index (χ0n) is 40.2. The minimum atomic E-state index is -4.60. The largest absolute Gasteiger partial charge is 0.756 e. The van der Waals surface area contributed by atoms with Gasteiger partial charge in [0, 0.05) is 6.42 Å². The van der Waals surface area contributed by atoms with E-state index in [1.807, 2.05) is 33.3 Å². The fraction of sp³-hybridized carbons (Fsp3) is 0.863. The van der Waals surface area contributed by atoms with Gasteiger partial charge in [-0.1, -0.05) is 224 Å². The Kier molecular flexibility index (Phi) is 42.1. The van der Waals surface area contributed by atoms with Gasteiger partial charge in [-0.3, -0.25) is 9.36 Å². The molecule has 3 atom stereocenters. The van der Waals surface area contributed by atoms with Gasteiger partial charge in [-0.2, -0.15) is 0 Å². The molecule has 0 rings (SSSR count). The second-order valence-electron chi connectivity index (χ2n) is 18.5. The predicted molar refractivity (Wildman–Crippen MR) is 256 cm³/mol. The molecule has 0 bridgehead atoms. The van der Waals surface area contributed by atoms with E-state index in [0.29, 0.717) is 17.4 Å². The van der Waals surface area contributed by atoms with E-state index in [2.05, 4.69) is 37.4 Å². The second-order valence-corrected chi connectivity index (χ2v) is 19.9. The van der Waals surface area contributed by atoms with E-state index in [1.165, 1.54) is 173 Å². The number of amides is 1. The van der Waals surface area contributed by atoms with Gasteiger partial charge >= 0.3 is 0 Å². The summed E-state index contributed by atoms with van der Waals surface area (Å²) >= 11 is 0. The minimum absolute atomic E-state index is 0.0100. The maximum Gasteiger partial charge on any atom is 0.268 e. The molecule has 8 nitrogen and oxygen atoms in total. The molecule has 2 N–H and O–H groups in total. The standard InChI is InChI=1S/C51H99N2O6P/c1-6-8-10-12-14-16-18-20-21-22-23-24-25-26-27-28-29-30-31-33-34-36-38-40-42-44-50(54)49(48-59-60(56,57)58-47-46-53(3,4)5)52-51(55)45-43-41-39-37-35-32-19-17-15-13-11-9-7-2/h32,35,39,41-42,44,49-50,54H,6-31,33-34,36-38,40,43,45-48H2,1-5H3,(H-,52,55,56,57)/b35-32-,41-39-,44-42+. The van der Waals surface area contributed by atoms with Crippen molar-refractivity contribution in [2.75, 3.05) is 40.9 Å². The number of rotatable bonds is 46. The highest BCUT2D eigenvalue weighted by atomic mass is 31.2. The number of carbonyl (C=O) groups excluding carboxylic acids is 1. The van der Waals surface area contributed by atoms with E-state index >= 15 is 0 Å². The summed E-state index contributed by atoms with van der Waals surface area (Å²) in [6.45, 7) is 4.61. The molecule has 0 aromatic rings. The van der Waals surface area contributed by atoms with Gasteiger partial charge in [0.15, 0.2) is 0 Å². The Labute approximate surface area is 372 Å². The molecule has 0 aromatic heterocycles. The summed E-state index contributed by atoms with van der Waals surface area (Å²) in [7, 11) is 1.23. The van der Waals surface area contributed by atoms with E-state index in [9.17, 15) is 19.4 Å². The number of phosphoric acid groups is 1. The highest BCUT2D eigenvalue weighted by Gasteiger charge is 2.23. The molecule has 0 saturated carbocycles. The Morgan fingerprint density at radius 3 is 1.38 bits per heavy atom. The number of hydrogen-bond donors (Lipinski definition) is 2. The average molecular weight is 867 g/mol. The summed E-state index contributed by atoms with van der Waals surface area (Å²) in [5.74, 6) is -0.263. The number of likely N-dealkylation sites (N-methyl/N-ethyl adjacent to an activating group) is 1. The van der Waals surface area contributed by atoms with Crippen molar-refractivity contribution in [2.45, 2.75) is 244 Å². The van der Waals surface area contributed by atoms with Gasteiger partial charge in [-0.25, -0.2) is 0 Å². The van der Waals surface area contributed by atoms with Crippen molar-refractivity contribution in [2.24, 2.45) is 0 Å². The molecule has 0 aliphatic rings. The molecule has 0 heterocycles. The quantitative estimate of drug-likeness (QED) is 0.0273. The monoisotopic (exact) mass is 867 g/mol. The summed E-state index contributed by atoms with van der Waals surface area (Å²) in [5, 5.41) is 13.8. The third kappa shape index (κ3) is 44.8. The van der Waals surface area contributed by atoms with Gasteiger partial charge in [0.1, 0.15) is 13.2 Å². The van der Waals surface area contributed by atoms with E-state index in [1.54, 1.807) is 6.08 Å². The van der Waals surface area contributed by atoms with Crippen molar-refractivity contribution in [3.63, 3.8) is 0 Å². The second kappa shape index (κ2) is 43.0. The molecule has 0 radical (unpaired) electrons. The lowest BCUT2D eigenvalue weighted by Gasteiger charge is -2.29. The molecule has 0 fully saturated rings. The van der Waals surface area contributed by atoms with Crippen molar-refractivity contribution in [1.29, 1.82) is 0 Å². The summed E-state index contributed by atoms with van der Waals surface area (Å²) in [4.78, 5) is 25.3. The van der Waals surface area contributed by atoms with Gasteiger partial charge in [0.05, 0.1) is 39.9 Å². The topological polar surface area (TPSA) is 108 Å². The molecule has 3 unspecified atom stereocenters. The Morgan fingerprint density at radius 1 is 0.583 bits per heavy atom. The zero-order valence-corrected chi connectivity index (χ0v) is 41.1. The van der Waals surface area contributed by atoms with Crippen LogP contribution in [0.15, 0.2) is 36.5 Å². The van der Waals surface area contributed by atoms with Crippen LogP contribution in [0.25, 0.3) is 0 Å². The molecule has 354 valence electrons. The number of phosphoric ester groups is 1. The lowest BCUT2D eigenvalue weighted by atomic mass is 10.0. The van der Waals surface area contributed by atoms with Crippen LogP contribution in [0.2, 0.25) is 0 Å². The molecule has 0 aromatic carbocycles. The fourth-order valence-electron chi connectivity index (χ4n) is 7.32. The van der Waals surface area contributed by atoms with Crippen LogP contribution in [0, 0.1) is 0 Å². The van der Waals surface area contributed by atoms with Crippen molar-refractivity contribution in [1.82, 2.24) is 5.32 Å². The van der Waals surface area contributed by atoms with E-state index in [-0.39, 0.29) is 18.9 Å². The molecule has 0 spiro atoms. The normalized spacial score (nSPS) is 14.4. The molecular weight excluding hydrogens is 768 g/mol. The fourth-order valence-corrected chi connectivity index (χ4v) is 8.04. The van der Waals surface area contributed by atoms with Crippen molar-refractivity contribution >= 4 is 13.7 Å². The first-order chi connectivity index (χ1) is 29.0. The number of carbonyl (C=O) groups is 1. The summed E-state index contributed by atoms with van der Waals surface area (Å²) in [6, 6.07) is -0.915. The zero-order chi connectivity index (χ0) is 44.3. The van der Waals surface area contributed by atoms with Crippen LogP contribution in [0.1, 0.15) is 232 Å². The Morgan fingerprint density at radius 2 is 0.967 bits per heavy atom. The van der Waals surface area contributed by atoms with Gasteiger partial charge in [0.25, 0.3) is 7.82 Å². The van der Waals surface area contributed by atoms with Gasteiger partial charge < -0.3 is 28.8 Å². The molecular formula is C51H99N2O6P. The smallest absolute Gasteiger partial charge is 0.268 e. The van der Waals surface area contributed by atoms with Crippen LogP contribution >= 0.6 is 7.82 Å². The van der Waals surface area contributed by atoms with Crippen LogP contribution in [0.5, 0.6) is 0 Å². The van der Waals surface area contributed by atoms with Crippen molar-refractivity contribution in [3.05, 3.63) is 36.5 Å². The third-order valence-corrected chi connectivity index (χ3v) is 12.3. The van der Waals surface area contributed by atoms with Crippen LogP contribution in [-0.4, -0.2) is 68.5 Å². The number of nitrogens with zero attached hydrogens (tertiary/aromatic N) is 1. The average Bonchev–Trinajstić information content (AvgIpc) is 3.20. The van der Waals surface area contributed by atoms with E-state index in [4.69, 9.17) is 9.05 Å². The maximum absolute atomic E-state index is 12.8. The first-order valence-corrected chi connectivity index (χ1v) is 26.8. The molecule has 60 heavy (non-hydrogen) atoms. The number of aliphatic hydroxyl groups is 1.